The van der Waals surface area contributed by atoms with E-state index >= 15 is 0 Å². The highest BCUT2D eigenvalue weighted by Gasteiger charge is 2.18. The van der Waals surface area contributed by atoms with E-state index in [2.05, 4.69) is 28.3 Å². The van der Waals surface area contributed by atoms with Gasteiger partial charge in [0, 0.05) is 9.37 Å². The fourth-order valence-electron chi connectivity index (χ4n) is 1.82. The lowest BCUT2D eigenvalue weighted by atomic mass is 10.1. The Morgan fingerprint density at radius 2 is 2.23 bits per heavy atom. The minimum absolute atomic E-state index is 0.889. The van der Waals surface area contributed by atoms with Crippen LogP contribution in [0.1, 0.15) is 17.5 Å². The predicted octanol–water partition coefficient (Wildman–Crippen LogP) is 4.31. The molecular weight excluding hydrogens is 268 g/mol. The van der Waals surface area contributed by atoms with Crippen molar-refractivity contribution in [2.24, 2.45) is 0 Å². The predicted molar refractivity (Wildman–Crippen MR) is 63.0 cm³/mol. The lowest BCUT2D eigenvalue weighted by Gasteiger charge is -2.09. The van der Waals surface area contributed by atoms with E-state index in [4.69, 9.17) is 11.6 Å². The Kier molecular flexibility index (Phi) is 2.91. The molecule has 0 atom stereocenters. The van der Waals surface area contributed by atoms with Crippen molar-refractivity contribution in [3.63, 3.8) is 0 Å². The Morgan fingerprint density at radius 1 is 1.46 bits per heavy atom. The molecule has 1 aliphatic rings. The van der Waals surface area contributed by atoms with Crippen LogP contribution in [-0.2, 0) is 12.8 Å². The van der Waals surface area contributed by atoms with Crippen molar-refractivity contribution in [3.05, 3.63) is 26.7 Å². The molecule has 0 heterocycles. The molecule has 0 aromatic heterocycles. The third kappa shape index (κ3) is 1.64. The summed E-state index contributed by atoms with van der Waals surface area (Å²) in [6.07, 6.45) is 5.71. The molecule has 0 N–H and O–H groups in total. The zero-order chi connectivity index (χ0) is 9.42. The SMILES string of the molecule is CSc1c(Cl)cc2c(c1Br)CCC2. The molecule has 2 rings (SSSR count). The fourth-order valence-corrected chi connectivity index (χ4v) is 4.10. The number of thioether (sulfide) groups is 1. The van der Waals surface area contributed by atoms with Crippen LogP contribution in [0.2, 0.25) is 5.02 Å². The molecule has 1 aromatic rings. The maximum Gasteiger partial charge on any atom is 0.0556 e. The number of halogens is 2. The molecule has 0 radical (unpaired) electrons. The average Bonchev–Trinajstić information content (AvgIpc) is 2.53. The smallest absolute Gasteiger partial charge is 0.0556 e. The summed E-state index contributed by atoms with van der Waals surface area (Å²) in [7, 11) is 0. The van der Waals surface area contributed by atoms with Gasteiger partial charge < -0.3 is 0 Å². The van der Waals surface area contributed by atoms with Crippen LogP contribution >= 0.6 is 39.3 Å². The lowest BCUT2D eigenvalue weighted by Crippen LogP contribution is -1.88. The number of fused-ring (bicyclic) bond motifs is 1. The molecule has 70 valence electrons. The molecule has 0 nitrogen and oxygen atoms in total. The lowest BCUT2D eigenvalue weighted by molar-refractivity contribution is 0.910. The monoisotopic (exact) mass is 276 g/mol. The quantitative estimate of drug-likeness (QED) is 0.689. The van der Waals surface area contributed by atoms with Crippen molar-refractivity contribution in [1.29, 1.82) is 0 Å². The van der Waals surface area contributed by atoms with E-state index in [9.17, 15) is 0 Å². The molecule has 0 bridgehead atoms. The first-order valence-electron chi connectivity index (χ1n) is 4.27. The number of hydrogen-bond acceptors (Lipinski definition) is 1. The molecule has 0 saturated heterocycles. The number of hydrogen-bond donors (Lipinski definition) is 0. The summed E-state index contributed by atoms with van der Waals surface area (Å²) in [6.45, 7) is 0. The van der Waals surface area contributed by atoms with Crippen LogP contribution in [0.3, 0.4) is 0 Å². The fraction of sp³-hybridized carbons (Fsp3) is 0.400. The first-order valence-corrected chi connectivity index (χ1v) is 6.67. The summed E-state index contributed by atoms with van der Waals surface area (Å²) in [5.41, 5.74) is 2.89. The van der Waals surface area contributed by atoms with Gasteiger partial charge in [0.1, 0.15) is 0 Å². The van der Waals surface area contributed by atoms with E-state index in [1.807, 2.05) is 0 Å². The van der Waals surface area contributed by atoms with Gasteiger partial charge in [-0.15, -0.1) is 11.8 Å². The third-order valence-electron chi connectivity index (χ3n) is 2.45. The summed E-state index contributed by atoms with van der Waals surface area (Å²) in [5.74, 6) is 0. The molecule has 0 unspecified atom stereocenters. The largest absolute Gasteiger partial charge is 0.127 e. The molecule has 0 fully saturated rings. The number of rotatable bonds is 1. The van der Waals surface area contributed by atoms with Crippen molar-refractivity contribution in [1.82, 2.24) is 0 Å². The zero-order valence-electron chi connectivity index (χ0n) is 7.36. The van der Waals surface area contributed by atoms with Gasteiger partial charge in [0.2, 0.25) is 0 Å². The van der Waals surface area contributed by atoms with E-state index in [1.54, 1.807) is 11.8 Å². The molecule has 0 spiro atoms. The summed E-state index contributed by atoms with van der Waals surface area (Å²) in [5, 5.41) is 0.889. The Bertz CT molecular complexity index is 346. The summed E-state index contributed by atoms with van der Waals surface area (Å²) in [6, 6.07) is 2.13. The van der Waals surface area contributed by atoms with Gasteiger partial charge in [0.15, 0.2) is 0 Å². The van der Waals surface area contributed by atoms with Gasteiger partial charge in [-0.25, -0.2) is 0 Å². The Balaban J connectivity index is 2.62. The van der Waals surface area contributed by atoms with Crippen molar-refractivity contribution in [2.45, 2.75) is 24.2 Å². The molecule has 0 saturated carbocycles. The zero-order valence-corrected chi connectivity index (χ0v) is 10.5. The number of aryl methyl sites for hydroxylation is 1. The topological polar surface area (TPSA) is 0 Å². The van der Waals surface area contributed by atoms with Crippen molar-refractivity contribution < 1.29 is 0 Å². The van der Waals surface area contributed by atoms with E-state index in [0.717, 1.165) is 5.02 Å². The van der Waals surface area contributed by atoms with E-state index < -0.39 is 0 Å². The van der Waals surface area contributed by atoms with Crippen LogP contribution in [0.15, 0.2) is 15.4 Å². The molecule has 1 aromatic carbocycles. The third-order valence-corrected chi connectivity index (χ3v) is 4.83. The maximum atomic E-state index is 6.16. The van der Waals surface area contributed by atoms with Crippen molar-refractivity contribution >= 4 is 39.3 Å². The molecule has 0 amide bonds. The minimum atomic E-state index is 0.889. The van der Waals surface area contributed by atoms with Crippen LogP contribution in [0.4, 0.5) is 0 Å². The van der Waals surface area contributed by atoms with Gasteiger partial charge in [-0.1, -0.05) is 11.6 Å². The molecule has 13 heavy (non-hydrogen) atoms. The molecule has 0 aliphatic heterocycles. The minimum Gasteiger partial charge on any atom is -0.127 e. The van der Waals surface area contributed by atoms with Gasteiger partial charge in [-0.3, -0.25) is 0 Å². The second-order valence-corrected chi connectivity index (χ2v) is 5.21. The second kappa shape index (κ2) is 3.84. The summed E-state index contributed by atoms with van der Waals surface area (Å²) in [4.78, 5) is 1.18. The van der Waals surface area contributed by atoms with Gasteiger partial charge >= 0.3 is 0 Å². The van der Waals surface area contributed by atoms with Crippen LogP contribution in [0, 0.1) is 0 Å². The van der Waals surface area contributed by atoms with Gasteiger partial charge in [-0.05, 0) is 58.6 Å². The summed E-state index contributed by atoms with van der Waals surface area (Å²) >= 11 is 11.5. The molecule has 3 heteroatoms. The highest BCUT2D eigenvalue weighted by molar-refractivity contribution is 9.10. The highest BCUT2D eigenvalue weighted by Crippen LogP contribution is 2.40. The van der Waals surface area contributed by atoms with Crippen LogP contribution < -0.4 is 0 Å². The van der Waals surface area contributed by atoms with Crippen molar-refractivity contribution in [3.8, 4) is 0 Å². The van der Waals surface area contributed by atoms with Gasteiger partial charge in [0.05, 0.1) is 5.02 Å². The Morgan fingerprint density at radius 3 is 2.92 bits per heavy atom. The number of benzene rings is 1. The second-order valence-electron chi connectivity index (χ2n) is 3.20. The van der Waals surface area contributed by atoms with Crippen LogP contribution in [0.25, 0.3) is 0 Å². The van der Waals surface area contributed by atoms with E-state index in [1.165, 1.54) is 39.8 Å². The van der Waals surface area contributed by atoms with Gasteiger partial charge in [0.25, 0.3) is 0 Å². The van der Waals surface area contributed by atoms with Crippen molar-refractivity contribution in [2.75, 3.05) is 6.26 Å². The van der Waals surface area contributed by atoms with Crippen LogP contribution in [0.5, 0.6) is 0 Å². The average molecular weight is 278 g/mol. The first-order chi connectivity index (χ1) is 6.24. The molecular formula is C10H10BrClS. The highest BCUT2D eigenvalue weighted by atomic mass is 79.9. The maximum absolute atomic E-state index is 6.16. The first kappa shape index (κ1) is 9.88. The normalized spacial score (nSPS) is 14.7. The van der Waals surface area contributed by atoms with E-state index in [0.29, 0.717) is 0 Å². The van der Waals surface area contributed by atoms with Crippen LogP contribution in [-0.4, -0.2) is 6.26 Å². The Hall–Kier alpha value is 0.340. The Labute approximate surface area is 96.2 Å². The molecule has 1 aliphatic carbocycles. The van der Waals surface area contributed by atoms with E-state index in [-0.39, 0.29) is 0 Å². The van der Waals surface area contributed by atoms with Gasteiger partial charge in [-0.2, -0.15) is 0 Å². The standard InChI is InChI=1S/C10H10BrClS/c1-13-10-8(12)5-6-3-2-4-7(6)9(10)11/h5H,2-4H2,1H3. The summed E-state index contributed by atoms with van der Waals surface area (Å²) < 4.78 is 1.22.